The largest absolute Gasteiger partial charge is 0.487 e. The van der Waals surface area contributed by atoms with Crippen LogP contribution in [-0.2, 0) is 24.8 Å². The molecule has 3 aromatic rings. The summed E-state index contributed by atoms with van der Waals surface area (Å²) in [5.41, 5.74) is 1.99. The number of rotatable bonds is 9. The van der Waals surface area contributed by atoms with Gasteiger partial charge in [-0.3, -0.25) is 9.59 Å². The first-order chi connectivity index (χ1) is 17.3. The first-order valence-corrected chi connectivity index (χ1v) is 12.5. The van der Waals surface area contributed by atoms with Crippen LogP contribution in [0.25, 0.3) is 11.0 Å². The van der Waals surface area contributed by atoms with Gasteiger partial charge in [-0.2, -0.15) is 0 Å². The van der Waals surface area contributed by atoms with Crippen LogP contribution < -0.4 is 15.4 Å². The number of nitrogens with zero attached hydrogens (tertiary/aromatic N) is 2. The fourth-order valence-corrected chi connectivity index (χ4v) is 4.25. The zero-order valence-corrected chi connectivity index (χ0v) is 22.9. The lowest BCUT2D eigenvalue weighted by Gasteiger charge is -2.18. The van der Waals surface area contributed by atoms with E-state index < -0.39 is 24.4 Å². The number of hydrogen-bond acceptors (Lipinski definition) is 4. The van der Waals surface area contributed by atoms with Crippen LogP contribution in [0.4, 0.5) is 8.78 Å². The van der Waals surface area contributed by atoms with Crippen molar-refractivity contribution in [3.63, 3.8) is 0 Å². The lowest BCUT2D eigenvalue weighted by atomic mass is 9.95. The molecule has 1 aromatic heterocycles. The first kappa shape index (κ1) is 28.7. The summed E-state index contributed by atoms with van der Waals surface area (Å²) in [6.45, 7) is 6.99. The van der Waals surface area contributed by atoms with Gasteiger partial charge in [0.2, 0.25) is 5.91 Å². The minimum Gasteiger partial charge on any atom is -0.487 e. The van der Waals surface area contributed by atoms with E-state index in [0.717, 1.165) is 0 Å². The minimum absolute atomic E-state index is 0.0425. The summed E-state index contributed by atoms with van der Waals surface area (Å²) in [6, 6.07) is 6.53. The quantitative estimate of drug-likeness (QED) is 0.364. The molecule has 0 aliphatic heterocycles. The monoisotopic (exact) mass is 554 g/mol. The van der Waals surface area contributed by atoms with Crippen LogP contribution in [0, 0.1) is 5.41 Å². The van der Waals surface area contributed by atoms with Gasteiger partial charge in [-0.15, -0.1) is 0 Å². The fourth-order valence-electron chi connectivity index (χ4n) is 3.68. The number of aromatic nitrogens is 2. The Labute approximate surface area is 224 Å². The molecule has 0 atom stereocenters. The fraction of sp³-hybridized carbons (Fsp3) is 0.423. The zero-order chi connectivity index (χ0) is 27.5. The number of benzene rings is 2. The molecule has 7 nitrogen and oxygen atoms in total. The molecule has 0 saturated carbocycles. The Hall–Kier alpha value is -2.91. The number of carbonyl (C=O) groups is 2. The molecule has 0 fully saturated rings. The number of halogens is 4. The summed E-state index contributed by atoms with van der Waals surface area (Å²) in [4.78, 5) is 29.5. The predicted molar refractivity (Wildman–Crippen MR) is 141 cm³/mol. The van der Waals surface area contributed by atoms with E-state index in [4.69, 9.17) is 27.9 Å². The molecule has 0 aliphatic carbocycles. The molecule has 200 valence electrons. The summed E-state index contributed by atoms with van der Waals surface area (Å²) in [5.74, 6) is 0.0728. The number of ether oxygens (including phenoxy) is 1. The van der Waals surface area contributed by atoms with Gasteiger partial charge in [0.15, 0.2) is 0 Å². The second-order valence-electron chi connectivity index (χ2n) is 9.59. The smallest absolute Gasteiger partial charge is 0.272 e. The van der Waals surface area contributed by atoms with Crippen molar-refractivity contribution in [2.24, 2.45) is 12.5 Å². The Morgan fingerprint density at radius 2 is 1.86 bits per heavy atom. The highest BCUT2D eigenvalue weighted by atomic mass is 35.5. The Morgan fingerprint density at radius 3 is 2.49 bits per heavy atom. The number of aryl methyl sites for hydroxylation is 1. The summed E-state index contributed by atoms with van der Waals surface area (Å²) in [7, 11) is 1.77. The highest BCUT2D eigenvalue weighted by Gasteiger charge is 2.23. The Kier molecular flexibility index (Phi) is 9.02. The van der Waals surface area contributed by atoms with E-state index in [1.165, 1.54) is 12.1 Å². The van der Waals surface area contributed by atoms with Crippen molar-refractivity contribution in [1.82, 2.24) is 20.2 Å². The van der Waals surface area contributed by atoms with Crippen molar-refractivity contribution in [3.05, 3.63) is 56.8 Å². The van der Waals surface area contributed by atoms with Gasteiger partial charge in [0.05, 0.1) is 21.6 Å². The maximum absolute atomic E-state index is 12.8. The highest BCUT2D eigenvalue weighted by molar-refractivity contribution is 6.36. The van der Waals surface area contributed by atoms with E-state index in [-0.39, 0.29) is 30.2 Å². The van der Waals surface area contributed by atoms with E-state index >= 15 is 0 Å². The molecule has 0 aliphatic rings. The predicted octanol–water partition coefficient (Wildman–Crippen LogP) is 5.53. The van der Waals surface area contributed by atoms with Crippen molar-refractivity contribution < 1.29 is 23.1 Å². The molecule has 2 aromatic carbocycles. The summed E-state index contributed by atoms with van der Waals surface area (Å²) in [5, 5.41) is 6.40. The van der Waals surface area contributed by atoms with E-state index in [2.05, 4.69) is 15.6 Å². The van der Waals surface area contributed by atoms with E-state index in [9.17, 15) is 18.4 Å². The number of fused-ring (bicyclic) bond motifs is 1. The lowest BCUT2D eigenvalue weighted by molar-refractivity contribution is -0.128. The summed E-state index contributed by atoms with van der Waals surface area (Å²) in [6.07, 6.45) is -2.43. The Balaban J connectivity index is 1.98. The van der Waals surface area contributed by atoms with Gasteiger partial charge < -0.3 is 19.9 Å². The maximum Gasteiger partial charge on any atom is 0.272 e. The minimum atomic E-state index is -2.69. The van der Waals surface area contributed by atoms with E-state index in [0.29, 0.717) is 44.6 Å². The number of hydrogen-bond donors (Lipinski definition) is 2. The molecule has 3 rings (SSSR count). The van der Waals surface area contributed by atoms with Crippen molar-refractivity contribution in [1.29, 1.82) is 0 Å². The number of alkyl halides is 2. The second kappa shape index (κ2) is 11.6. The van der Waals surface area contributed by atoms with Crippen molar-refractivity contribution in [2.45, 2.75) is 47.1 Å². The molecule has 11 heteroatoms. The average molecular weight is 555 g/mol. The number of imidazole rings is 1. The second-order valence-corrected chi connectivity index (χ2v) is 10.4. The highest BCUT2D eigenvalue weighted by Crippen LogP contribution is 2.32. The van der Waals surface area contributed by atoms with Gasteiger partial charge in [-0.05, 0) is 30.2 Å². The Bertz CT molecular complexity index is 1320. The third-order valence-corrected chi connectivity index (χ3v) is 6.57. The average Bonchev–Trinajstić information content (AvgIpc) is 3.12. The molecule has 0 bridgehead atoms. The molecular formula is C26H30Cl2F2N4O3. The summed E-state index contributed by atoms with van der Waals surface area (Å²) < 4.78 is 32.7. The van der Waals surface area contributed by atoms with Crippen LogP contribution in [-0.4, -0.2) is 40.9 Å². The van der Waals surface area contributed by atoms with Crippen LogP contribution in [0.1, 0.15) is 55.0 Å². The van der Waals surface area contributed by atoms with Gasteiger partial charge in [0.25, 0.3) is 12.3 Å². The van der Waals surface area contributed by atoms with Crippen LogP contribution in [0.15, 0.2) is 24.3 Å². The van der Waals surface area contributed by atoms with Gasteiger partial charge in [-0.25, -0.2) is 13.8 Å². The van der Waals surface area contributed by atoms with Gasteiger partial charge in [-0.1, -0.05) is 50.0 Å². The topological polar surface area (TPSA) is 85.3 Å². The van der Waals surface area contributed by atoms with E-state index in [1.807, 2.05) is 20.8 Å². The van der Waals surface area contributed by atoms with Crippen LogP contribution in [0.2, 0.25) is 10.0 Å². The standard InChI is InChI=1S/C26H30Cl2F2N4O3/c1-6-31-24(35)16-9-18-19(11-20(16)37-13-21(29)30)34(5)22(33-18)10-15-17(27)8-7-14(23(15)28)12-32-25(36)26(2,3)4/h7-9,11,21H,6,10,12-13H2,1-5H3,(H,31,35)(H,32,36). The van der Waals surface area contributed by atoms with Crippen LogP contribution in [0.3, 0.4) is 0 Å². The molecule has 0 saturated heterocycles. The van der Waals surface area contributed by atoms with Gasteiger partial charge >= 0.3 is 0 Å². The lowest BCUT2D eigenvalue weighted by Crippen LogP contribution is -2.34. The SMILES string of the molecule is CCNC(=O)c1cc2nc(Cc3c(Cl)ccc(CNC(=O)C(C)(C)C)c3Cl)n(C)c2cc1OCC(F)F. The molecule has 37 heavy (non-hydrogen) atoms. The molecule has 2 N–H and O–H groups in total. The van der Waals surface area contributed by atoms with Crippen molar-refractivity contribution >= 4 is 46.0 Å². The number of amides is 2. The zero-order valence-electron chi connectivity index (χ0n) is 21.3. The van der Waals surface area contributed by atoms with Gasteiger partial charge in [0, 0.05) is 43.1 Å². The molecule has 2 amide bonds. The third-order valence-electron chi connectivity index (χ3n) is 5.74. The van der Waals surface area contributed by atoms with Crippen molar-refractivity contribution in [2.75, 3.05) is 13.2 Å². The van der Waals surface area contributed by atoms with Crippen LogP contribution in [0.5, 0.6) is 5.75 Å². The van der Waals surface area contributed by atoms with Gasteiger partial charge in [0.1, 0.15) is 18.2 Å². The molecular weight excluding hydrogens is 525 g/mol. The van der Waals surface area contributed by atoms with E-state index in [1.54, 1.807) is 30.7 Å². The van der Waals surface area contributed by atoms with Crippen molar-refractivity contribution in [3.8, 4) is 5.75 Å². The number of carbonyl (C=O) groups excluding carboxylic acids is 2. The first-order valence-electron chi connectivity index (χ1n) is 11.8. The molecule has 1 heterocycles. The normalized spacial score (nSPS) is 11.7. The molecule has 0 radical (unpaired) electrons. The third kappa shape index (κ3) is 6.70. The maximum atomic E-state index is 12.8. The Morgan fingerprint density at radius 1 is 1.16 bits per heavy atom. The molecule has 0 spiro atoms. The number of nitrogens with one attached hydrogen (secondary N) is 2. The molecule has 0 unspecified atom stereocenters. The summed E-state index contributed by atoms with van der Waals surface area (Å²) >= 11 is 13.2. The van der Waals surface area contributed by atoms with Crippen LogP contribution >= 0.6 is 23.2 Å².